The quantitative estimate of drug-likeness (QED) is 0.720. The van der Waals surface area contributed by atoms with Crippen LogP contribution in [-0.4, -0.2) is 25.4 Å². The second-order valence-electron chi connectivity index (χ2n) is 5.42. The second kappa shape index (κ2) is 5.69. The number of rotatable bonds is 3. The molecular weight excluding hydrogens is 352 g/mol. The van der Waals surface area contributed by atoms with Crippen LogP contribution in [0.1, 0.15) is 0 Å². The average molecular weight is 361 g/mol. The number of halogens is 2. The zero-order chi connectivity index (χ0) is 18.4. The summed E-state index contributed by atoms with van der Waals surface area (Å²) < 4.78 is 40.7. The summed E-state index contributed by atoms with van der Waals surface area (Å²) >= 11 is 0. The molecule has 0 saturated carbocycles. The largest absolute Gasteiger partial charge is 0.511 e. The molecule has 1 aliphatic rings. The second-order valence-corrected chi connectivity index (χ2v) is 5.42. The maximum Gasteiger partial charge on any atom is 0.511 e. The van der Waals surface area contributed by atoms with Crippen LogP contribution >= 0.6 is 0 Å². The third-order valence-corrected chi connectivity index (χ3v) is 3.83. The average Bonchev–Trinajstić information content (AvgIpc) is 3.10. The topological polar surface area (TPSA) is 95.6 Å². The van der Waals surface area contributed by atoms with Gasteiger partial charge in [0, 0.05) is 12.4 Å². The molecular formula is C16H9F2N3O5. The fourth-order valence-corrected chi connectivity index (χ4v) is 2.74. The normalized spacial score (nSPS) is 12.6. The summed E-state index contributed by atoms with van der Waals surface area (Å²) in [6.07, 6.45) is 5.31. The monoisotopic (exact) mass is 361 g/mol. The van der Waals surface area contributed by atoms with Crippen LogP contribution < -0.4 is 14.9 Å². The highest BCUT2D eigenvalue weighted by atomic mass is 19.2. The molecule has 0 unspecified atom stereocenters. The van der Waals surface area contributed by atoms with E-state index in [0.29, 0.717) is 11.8 Å². The summed E-state index contributed by atoms with van der Waals surface area (Å²) in [5.74, 6) is -3.56. The van der Waals surface area contributed by atoms with Crippen molar-refractivity contribution in [2.45, 2.75) is 6.54 Å². The van der Waals surface area contributed by atoms with Gasteiger partial charge in [-0.05, 0) is 6.07 Å². The number of carbonyl (C=O) groups is 1. The van der Waals surface area contributed by atoms with Crippen molar-refractivity contribution in [1.82, 2.24) is 14.1 Å². The van der Waals surface area contributed by atoms with Crippen LogP contribution in [0.15, 0.2) is 42.0 Å². The molecule has 0 radical (unpaired) electrons. The smallest absolute Gasteiger partial charge is 0.458 e. The van der Waals surface area contributed by atoms with Gasteiger partial charge in [-0.2, -0.15) is 4.39 Å². The number of allylic oxidation sites excluding steroid dienone is 1. The lowest BCUT2D eigenvalue weighted by atomic mass is 10.1. The fourth-order valence-electron chi connectivity index (χ4n) is 2.74. The van der Waals surface area contributed by atoms with Crippen molar-refractivity contribution in [3.8, 4) is 11.5 Å². The number of aromatic nitrogens is 3. The summed E-state index contributed by atoms with van der Waals surface area (Å²) in [7, 11) is 0. The summed E-state index contributed by atoms with van der Waals surface area (Å²) in [4.78, 5) is 27.2. The van der Waals surface area contributed by atoms with Crippen LogP contribution in [0.3, 0.4) is 0 Å². The Bertz CT molecular complexity index is 1140. The van der Waals surface area contributed by atoms with Crippen molar-refractivity contribution >= 4 is 22.8 Å². The highest BCUT2D eigenvalue weighted by molar-refractivity contribution is 5.90. The van der Waals surface area contributed by atoms with Crippen LogP contribution in [0.25, 0.3) is 16.6 Å². The number of ether oxygens (including phenoxy) is 2. The molecule has 1 N–H and O–H groups in total. The molecule has 10 heteroatoms. The zero-order valence-corrected chi connectivity index (χ0v) is 12.8. The SMILES string of the molecule is O=C(O)Oc1cn2c3c(c(F)c(F)cc3c1=O)OC=C2Cn1ccnc1. The third-order valence-electron chi connectivity index (χ3n) is 3.83. The predicted molar refractivity (Wildman–Crippen MR) is 83.9 cm³/mol. The van der Waals surface area contributed by atoms with Gasteiger partial charge in [0.25, 0.3) is 0 Å². The van der Waals surface area contributed by atoms with Crippen LogP contribution in [-0.2, 0) is 6.54 Å². The van der Waals surface area contributed by atoms with E-state index in [-0.39, 0.29) is 17.4 Å². The molecule has 1 aromatic carbocycles. The maximum absolute atomic E-state index is 14.1. The maximum atomic E-state index is 14.1. The number of benzene rings is 1. The first-order chi connectivity index (χ1) is 12.5. The molecule has 0 amide bonds. The van der Waals surface area contributed by atoms with Gasteiger partial charge in [0.2, 0.25) is 11.2 Å². The first-order valence-electron chi connectivity index (χ1n) is 7.25. The van der Waals surface area contributed by atoms with Gasteiger partial charge in [0.15, 0.2) is 17.3 Å². The predicted octanol–water partition coefficient (Wildman–Crippen LogP) is 2.42. The van der Waals surface area contributed by atoms with Crippen molar-refractivity contribution in [2.75, 3.05) is 0 Å². The van der Waals surface area contributed by atoms with Gasteiger partial charge < -0.3 is 23.7 Å². The van der Waals surface area contributed by atoms with Crippen molar-refractivity contribution in [3.63, 3.8) is 0 Å². The van der Waals surface area contributed by atoms with E-state index in [0.717, 1.165) is 6.20 Å². The van der Waals surface area contributed by atoms with Crippen LogP contribution in [0.5, 0.6) is 11.5 Å². The minimum atomic E-state index is -1.70. The fraction of sp³-hybridized carbons (Fsp3) is 0.0625. The van der Waals surface area contributed by atoms with Gasteiger partial charge >= 0.3 is 6.16 Å². The van der Waals surface area contributed by atoms with E-state index in [4.69, 9.17) is 9.84 Å². The Kier molecular flexibility index (Phi) is 3.46. The molecule has 0 spiro atoms. The molecule has 26 heavy (non-hydrogen) atoms. The molecule has 0 fully saturated rings. The van der Waals surface area contributed by atoms with Crippen molar-refractivity contribution in [1.29, 1.82) is 0 Å². The Morgan fingerprint density at radius 2 is 2.19 bits per heavy atom. The van der Waals surface area contributed by atoms with Crippen molar-refractivity contribution in [2.24, 2.45) is 0 Å². The number of carboxylic acid groups (broad SMARTS) is 1. The van der Waals surface area contributed by atoms with E-state index in [9.17, 15) is 18.4 Å². The molecule has 0 aliphatic carbocycles. The molecule has 132 valence electrons. The van der Waals surface area contributed by atoms with E-state index >= 15 is 0 Å². The molecule has 3 heterocycles. The summed E-state index contributed by atoms with van der Waals surface area (Å²) in [5, 5.41) is 8.54. The molecule has 3 aromatic rings. The first-order valence-corrected chi connectivity index (χ1v) is 7.25. The van der Waals surface area contributed by atoms with Gasteiger partial charge in [-0.25, -0.2) is 14.2 Å². The first kappa shape index (κ1) is 15.8. The van der Waals surface area contributed by atoms with E-state index in [2.05, 4.69) is 9.72 Å². The lowest BCUT2D eigenvalue weighted by Crippen LogP contribution is -2.20. The molecule has 8 nitrogen and oxygen atoms in total. The highest BCUT2D eigenvalue weighted by Crippen LogP contribution is 2.36. The van der Waals surface area contributed by atoms with Crippen LogP contribution in [0, 0.1) is 11.6 Å². The van der Waals surface area contributed by atoms with Crippen molar-refractivity contribution in [3.05, 3.63) is 59.1 Å². The van der Waals surface area contributed by atoms with E-state index in [1.807, 2.05) is 0 Å². The minimum absolute atomic E-state index is 0.0238. The molecule has 4 rings (SSSR count). The lowest BCUT2D eigenvalue weighted by Gasteiger charge is -2.22. The molecule has 0 bridgehead atoms. The minimum Gasteiger partial charge on any atom is -0.458 e. The van der Waals surface area contributed by atoms with Gasteiger partial charge in [0.1, 0.15) is 11.8 Å². The van der Waals surface area contributed by atoms with Gasteiger partial charge in [-0.1, -0.05) is 0 Å². The van der Waals surface area contributed by atoms with E-state index in [1.54, 1.807) is 17.0 Å². The number of hydrogen-bond donors (Lipinski definition) is 1. The number of pyridine rings is 1. The summed E-state index contributed by atoms with van der Waals surface area (Å²) in [5.41, 5.74) is -0.503. The number of hydrogen-bond acceptors (Lipinski definition) is 5. The lowest BCUT2D eigenvalue weighted by molar-refractivity contribution is 0.144. The Hall–Kier alpha value is -3.69. The Balaban J connectivity index is 2.00. The highest BCUT2D eigenvalue weighted by Gasteiger charge is 2.26. The number of nitrogens with zero attached hydrogens (tertiary/aromatic N) is 3. The summed E-state index contributed by atoms with van der Waals surface area (Å²) in [6.45, 7) is 0.211. The van der Waals surface area contributed by atoms with Crippen LogP contribution in [0.2, 0.25) is 0 Å². The number of imidazole rings is 1. The molecule has 2 aromatic heterocycles. The third kappa shape index (κ3) is 2.39. The zero-order valence-electron chi connectivity index (χ0n) is 12.8. The Morgan fingerprint density at radius 3 is 2.88 bits per heavy atom. The van der Waals surface area contributed by atoms with Crippen LogP contribution in [0.4, 0.5) is 13.6 Å². The standard InChI is InChI=1S/C16H9F2N3O5/c17-10-3-9-13-15(12(10)18)25-6-8(4-20-2-1-19-7-20)21(13)5-11(14(9)22)26-16(23)24/h1-3,5-7H,4H2,(H,23,24). The van der Waals surface area contributed by atoms with E-state index < -0.39 is 34.7 Å². The summed E-state index contributed by atoms with van der Waals surface area (Å²) in [6, 6.07) is 0.686. The van der Waals surface area contributed by atoms with Crippen molar-refractivity contribution < 1.29 is 28.2 Å². The van der Waals surface area contributed by atoms with E-state index in [1.165, 1.54) is 17.2 Å². The molecule has 0 saturated heterocycles. The van der Waals surface area contributed by atoms with Gasteiger partial charge in [-0.3, -0.25) is 4.79 Å². The van der Waals surface area contributed by atoms with Gasteiger partial charge in [0.05, 0.1) is 30.2 Å². The van der Waals surface area contributed by atoms with Gasteiger partial charge in [-0.15, -0.1) is 0 Å². The Labute approximate surface area is 143 Å². The Morgan fingerprint density at radius 1 is 1.38 bits per heavy atom. The molecule has 1 aliphatic heterocycles. The molecule has 0 atom stereocenters.